The predicted octanol–water partition coefficient (Wildman–Crippen LogP) is -1.31. The van der Waals surface area contributed by atoms with E-state index in [0.29, 0.717) is 13.2 Å². The summed E-state index contributed by atoms with van der Waals surface area (Å²) >= 11 is 0. The standard InChI is InChI=1S/C8H14N2O4/c9-6(8(12)13)7(11)10-4-5-2-1-3-14-5/h5-6H,1-4,9H2,(H,10,11)(H,12,13). The molecule has 0 saturated carbocycles. The highest BCUT2D eigenvalue weighted by atomic mass is 16.5. The summed E-state index contributed by atoms with van der Waals surface area (Å²) in [5, 5.41) is 10.9. The summed E-state index contributed by atoms with van der Waals surface area (Å²) in [4.78, 5) is 21.4. The number of carboxylic acid groups (broad SMARTS) is 1. The van der Waals surface area contributed by atoms with Gasteiger partial charge in [0, 0.05) is 13.2 Å². The molecule has 1 aliphatic rings. The van der Waals surface area contributed by atoms with Gasteiger partial charge in [-0.15, -0.1) is 0 Å². The topological polar surface area (TPSA) is 102 Å². The van der Waals surface area contributed by atoms with Crippen molar-refractivity contribution in [3.05, 3.63) is 0 Å². The molecule has 0 aromatic carbocycles. The SMILES string of the molecule is NC(C(=O)O)C(=O)NCC1CCCO1. The number of carboxylic acids is 1. The minimum absolute atomic E-state index is 0.0000510. The quantitative estimate of drug-likeness (QED) is 0.491. The monoisotopic (exact) mass is 202 g/mol. The fourth-order valence-corrected chi connectivity index (χ4v) is 1.24. The fraction of sp³-hybridized carbons (Fsp3) is 0.750. The summed E-state index contributed by atoms with van der Waals surface area (Å²) in [7, 11) is 0. The number of rotatable bonds is 4. The normalized spacial score (nSPS) is 23.1. The van der Waals surface area contributed by atoms with E-state index >= 15 is 0 Å². The van der Waals surface area contributed by atoms with Crippen LogP contribution in [-0.2, 0) is 14.3 Å². The van der Waals surface area contributed by atoms with Gasteiger partial charge in [-0.25, -0.2) is 4.79 Å². The summed E-state index contributed by atoms with van der Waals surface area (Å²) in [6.07, 6.45) is 1.87. The number of amides is 1. The maximum absolute atomic E-state index is 11.1. The van der Waals surface area contributed by atoms with Crippen molar-refractivity contribution in [2.45, 2.75) is 25.0 Å². The van der Waals surface area contributed by atoms with Crippen molar-refractivity contribution in [2.24, 2.45) is 5.73 Å². The molecule has 4 N–H and O–H groups in total. The van der Waals surface area contributed by atoms with Crippen LogP contribution in [0.15, 0.2) is 0 Å². The second-order valence-electron chi connectivity index (χ2n) is 3.20. The largest absolute Gasteiger partial charge is 0.480 e. The van der Waals surface area contributed by atoms with Gasteiger partial charge in [0.1, 0.15) is 0 Å². The minimum atomic E-state index is -1.49. The molecule has 0 spiro atoms. The molecule has 0 bridgehead atoms. The summed E-state index contributed by atoms with van der Waals surface area (Å²) < 4.78 is 5.24. The zero-order chi connectivity index (χ0) is 10.6. The molecule has 0 aliphatic carbocycles. The third-order valence-corrected chi connectivity index (χ3v) is 2.08. The van der Waals surface area contributed by atoms with Crippen LogP contribution in [-0.4, -0.2) is 42.3 Å². The van der Waals surface area contributed by atoms with Gasteiger partial charge in [0.2, 0.25) is 5.91 Å². The average Bonchev–Trinajstić information content (AvgIpc) is 2.65. The van der Waals surface area contributed by atoms with E-state index in [4.69, 9.17) is 15.6 Å². The lowest BCUT2D eigenvalue weighted by molar-refractivity contribution is -0.142. The van der Waals surface area contributed by atoms with Crippen LogP contribution in [0.5, 0.6) is 0 Å². The van der Waals surface area contributed by atoms with Gasteiger partial charge in [0.15, 0.2) is 6.04 Å². The van der Waals surface area contributed by atoms with E-state index in [9.17, 15) is 9.59 Å². The lowest BCUT2D eigenvalue weighted by Gasteiger charge is -2.12. The summed E-state index contributed by atoms with van der Waals surface area (Å²) in [6.45, 7) is 1.03. The Kier molecular flexibility index (Phi) is 3.84. The second-order valence-corrected chi connectivity index (χ2v) is 3.20. The van der Waals surface area contributed by atoms with E-state index in [2.05, 4.69) is 5.32 Å². The molecule has 14 heavy (non-hydrogen) atoms. The Bertz CT molecular complexity index is 225. The smallest absolute Gasteiger partial charge is 0.330 e. The van der Waals surface area contributed by atoms with Crippen molar-refractivity contribution in [1.82, 2.24) is 5.32 Å². The van der Waals surface area contributed by atoms with Gasteiger partial charge in [-0.2, -0.15) is 0 Å². The van der Waals surface area contributed by atoms with E-state index in [1.807, 2.05) is 0 Å². The van der Waals surface area contributed by atoms with Crippen LogP contribution in [0.4, 0.5) is 0 Å². The molecule has 0 radical (unpaired) electrons. The van der Waals surface area contributed by atoms with Crippen LogP contribution < -0.4 is 11.1 Å². The second kappa shape index (κ2) is 4.92. The van der Waals surface area contributed by atoms with E-state index in [-0.39, 0.29) is 6.10 Å². The van der Waals surface area contributed by atoms with E-state index < -0.39 is 17.9 Å². The summed E-state index contributed by atoms with van der Waals surface area (Å²) in [5.41, 5.74) is 5.09. The number of hydrogen-bond donors (Lipinski definition) is 3. The Morgan fingerprint density at radius 2 is 2.36 bits per heavy atom. The molecule has 0 aromatic heterocycles. The van der Waals surface area contributed by atoms with Crippen LogP contribution in [0.25, 0.3) is 0 Å². The molecule has 6 heteroatoms. The molecule has 6 nitrogen and oxygen atoms in total. The highest BCUT2D eigenvalue weighted by Crippen LogP contribution is 2.10. The molecule has 2 atom stereocenters. The molecule has 1 saturated heterocycles. The first-order chi connectivity index (χ1) is 6.61. The number of nitrogens with one attached hydrogen (secondary N) is 1. The molecule has 0 aromatic rings. The van der Waals surface area contributed by atoms with Crippen LogP contribution >= 0.6 is 0 Å². The molecule has 1 fully saturated rings. The maximum Gasteiger partial charge on any atom is 0.330 e. The molecule has 2 unspecified atom stereocenters. The highest BCUT2D eigenvalue weighted by molar-refractivity contribution is 6.00. The zero-order valence-corrected chi connectivity index (χ0v) is 7.73. The number of carbonyl (C=O) groups is 2. The first kappa shape index (κ1) is 10.9. The van der Waals surface area contributed by atoms with Crippen LogP contribution in [0.1, 0.15) is 12.8 Å². The Balaban J connectivity index is 2.23. The highest BCUT2D eigenvalue weighted by Gasteiger charge is 2.23. The lowest BCUT2D eigenvalue weighted by Crippen LogP contribution is -2.47. The molecule has 80 valence electrons. The lowest BCUT2D eigenvalue weighted by atomic mass is 10.2. The van der Waals surface area contributed by atoms with Crippen molar-refractivity contribution in [3.63, 3.8) is 0 Å². The molecule has 1 rings (SSSR count). The Labute approximate surface area is 81.4 Å². The minimum Gasteiger partial charge on any atom is -0.480 e. The Hall–Kier alpha value is -1.14. The fourth-order valence-electron chi connectivity index (χ4n) is 1.24. The van der Waals surface area contributed by atoms with Gasteiger partial charge in [-0.05, 0) is 12.8 Å². The van der Waals surface area contributed by atoms with E-state index in [1.54, 1.807) is 0 Å². The Morgan fingerprint density at radius 1 is 1.64 bits per heavy atom. The first-order valence-corrected chi connectivity index (χ1v) is 4.49. The molecular formula is C8H14N2O4. The first-order valence-electron chi connectivity index (χ1n) is 4.49. The van der Waals surface area contributed by atoms with Crippen LogP contribution in [0.3, 0.4) is 0 Å². The van der Waals surface area contributed by atoms with Crippen molar-refractivity contribution < 1.29 is 19.4 Å². The number of carbonyl (C=O) groups excluding carboxylic acids is 1. The summed E-state index contributed by atoms with van der Waals surface area (Å²) in [6, 6.07) is -1.49. The van der Waals surface area contributed by atoms with Gasteiger partial charge in [-0.3, -0.25) is 4.79 Å². The van der Waals surface area contributed by atoms with Crippen LogP contribution in [0, 0.1) is 0 Å². The van der Waals surface area contributed by atoms with Gasteiger partial charge >= 0.3 is 5.97 Å². The summed E-state index contributed by atoms with van der Waals surface area (Å²) in [5.74, 6) is -2.00. The number of nitrogens with two attached hydrogens (primary N) is 1. The molecule has 1 aliphatic heterocycles. The van der Waals surface area contributed by atoms with E-state index in [1.165, 1.54) is 0 Å². The van der Waals surface area contributed by atoms with Crippen molar-refractivity contribution >= 4 is 11.9 Å². The third kappa shape index (κ3) is 2.97. The van der Waals surface area contributed by atoms with Gasteiger partial charge in [0.25, 0.3) is 0 Å². The van der Waals surface area contributed by atoms with Gasteiger partial charge in [-0.1, -0.05) is 0 Å². The maximum atomic E-state index is 11.1. The van der Waals surface area contributed by atoms with Gasteiger partial charge < -0.3 is 20.9 Å². The number of aliphatic carboxylic acids is 1. The van der Waals surface area contributed by atoms with Crippen LogP contribution in [0.2, 0.25) is 0 Å². The third-order valence-electron chi connectivity index (χ3n) is 2.08. The van der Waals surface area contributed by atoms with Crippen molar-refractivity contribution in [1.29, 1.82) is 0 Å². The molecular weight excluding hydrogens is 188 g/mol. The molecule has 1 heterocycles. The Morgan fingerprint density at radius 3 is 2.86 bits per heavy atom. The number of hydrogen-bond acceptors (Lipinski definition) is 4. The zero-order valence-electron chi connectivity index (χ0n) is 7.73. The van der Waals surface area contributed by atoms with E-state index in [0.717, 1.165) is 12.8 Å². The van der Waals surface area contributed by atoms with Crippen molar-refractivity contribution in [3.8, 4) is 0 Å². The van der Waals surface area contributed by atoms with Gasteiger partial charge in [0.05, 0.1) is 6.10 Å². The molecule has 1 amide bonds. The van der Waals surface area contributed by atoms with Crippen molar-refractivity contribution in [2.75, 3.05) is 13.2 Å². The average molecular weight is 202 g/mol. The number of ether oxygens (including phenoxy) is 1. The predicted molar refractivity (Wildman–Crippen MR) is 47.6 cm³/mol.